The van der Waals surface area contributed by atoms with Crippen LogP contribution in [0.3, 0.4) is 0 Å². The van der Waals surface area contributed by atoms with Crippen LogP contribution >= 0.6 is 11.6 Å². The molecular weight excluding hydrogens is 524 g/mol. The molecule has 4 aromatic heterocycles. The lowest BCUT2D eigenvalue weighted by Gasteiger charge is -2.24. The fourth-order valence-corrected chi connectivity index (χ4v) is 3.78. The summed E-state index contributed by atoms with van der Waals surface area (Å²) in [5, 5.41) is 30.3. The largest absolute Gasteiger partial charge is 0.433 e. The van der Waals surface area contributed by atoms with Gasteiger partial charge < -0.3 is 20.1 Å². The van der Waals surface area contributed by atoms with Crippen LogP contribution in [0.4, 0.5) is 8.78 Å². The first-order valence-corrected chi connectivity index (χ1v) is 11.5. The predicted molar refractivity (Wildman–Crippen MR) is 131 cm³/mol. The predicted octanol–water partition coefficient (Wildman–Crippen LogP) is 3.03. The quantitative estimate of drug-likeness (QED) is 0.311. The molecule has 0 aliphatic carbocycles. The minimum atomic E-state index is -3.36. The molecule has 0 aliphatic heterocycles. The Bertz CT molecular complexity index is 1600. The third kappa shape index (κ3) is 5.24. The Balaban J connectivity index is 1.78. The van der Waals surface area contributed by atoms with E-state index in [0.717, 1.165) is 0 Å². The Morgan fingerprint density at radius 3 is 2.37 bits per heavy atom. The summed E-state index contributed by atoms with van der Waals surface area (Å²) >= 11 is 6.24. The fourth-order valence-electron chi connectivity index (χ4n) is 3.60. The summed E-state index contributed by atoms with van der Waals surface area (Å²) in [6.07, 6.45) is 3.57. The minimum absolute atomic E-state index is 0.181. The molecule has 0 bridgehead atoms. The highest BCUT2D eigenvalue weighted by Crippen LogP contribution is 2.31. The number of aromatic nitrogens is 5. The lowest BCUT2D eigenvalue weighted by molar-refractivity contribution is -0.308. The van der Waals surface area contributed by atoms with E-state index in [1.807, 2.05) is 0 Å². The summed E-state index contributed by atoms with van der Waals surface area (Å²) in [6.45, 7) is 6.34. The van der Waals surface area contributed by atoms with Crippen LogP contribution in [-0.4, -0.2) is 39.8 Å². The van der Waals surface area contributed by atoms with Gasteiger partial charge in [0.25, 0.3) is 5.56 Å². The van der Waals surface area contributed by atoms with Crippen LogP contribution in [0.5, 0.6) is 5.75 Å². The molecule has 10 nitrogen and oxygen atoms in total. The van der Waals surface area contributed by atoms with Crippen molar-refractivity contribution < 1.29 is 28.8 Å². The molecule has 0 atom stereocenters. The van der Waals surface area contributed by atoms with E-state index in [1.54, 1.807) is 32.9 Å². The number of ether oxygens (including phenoxy) is 1. The molecule has 0 amide bonds. The molecule has 4 rings (SSSR count). The number of aryl methyl sites for hydroxylation is 2. The van der Waals surface area contributed by atoms with E-state index in [9.17, 15) is 28.9 Å². The van der Waals surface area contributed by atoms with Gasteiger partial charge in [0.15, 0.2) is 23.1 Å². The number of aliphatic hydroxyl groups is 3. The average Bonchev–Trinajstić information content (AvgIpc) is 2.82. The SMILES string of the molecule is Cc1cnc(-c2ccnc(C(C)(C)O)n2)cc1-n1c(C)cc(OC(O)(O)c2ncc(F)cc2F)c(Cl)c1=O. The standard InChI is InChI=1S/C25H22ClF2N5O5/c1-12-10-30-17(16-5-6-29-23(32-16)24(3,4)35)9-18(12)33-13(2)7-19(20(26)22(33)34)38-25(36,37)21-15(28)8-14(27)11-31-21/h5-11,35-37H,1-4H3. The Labute approximate surface area is 219 Å². The molecule has 13 heteroatoms. The number of rotatable bonds is 6. The van der Waals surface area contributed by atoms with Crippen LogP contribution in [0.25, 0.3) is 17.1 Å². The highest BCUT2D eigenvalue weighted by atomic mass is 35.5. The molecule has 0 unspecified atom stereocenters. The molecule has 0 saturated heterocycles. The van der Waals surface area contributed by atoms with Crippen molar-refractivity contribution >= 4 is 11.6 Å². The summed E-state index contributed by atoms with van der Waals surface area (Å²) in [5.74, 6) is -6.08. The lowest BCUT2D eigenvalue weighted by Crippen LogP contribution is -2.35. The second-order valence-electron chi connectivity index (χ2n) is 8.98. The molecule has 4 aromatic rings. The van der Waals surface area contributed by atoms with Gasteiger partial charge >= 0.3 is 5.97 Å². The van der Waals surface area contributed by atoms with Crippen molar-refractivity contribution in [1.29, 1.82) is 0 Å². The second kappa shape index (κ2) is 9.80. The van der Waals surface area contributed by atoms with E-state index in [2.05, 4.69) is 19.9 Å². The highest BCUT2D eigenvalue weighted by molar-refractivity contribution is 6.31. The van der Waals surface area contributed by atoms with Gasteiger partial charge in [-0.05, 0) is 45.4 Å². The Hall–Kier alpha value is -3.84. The van der Waals surface area contributed by atoms with Crippen molar-refractivity contribution in [1.82, 2.24) is 24.5 Å². The maximum atomic E-state index is 14.1. The molecule has 0 fully saturated rings. The molecule has 0 aromatic carbocycles. The van der Waals surface area contributed by atoms with Crippen molar-refractivity contribution in [2.75, 3.05) is 0 Å². The molecule has 0 spiro atoms. The molecule has 3 N–H and O–H groups in total. The maximum absolute atomic E-state index is 14.1. The molecule has 0 radical (unpaired) electrons. The van der Waals surface area contributed by atoms with E-state index >= 15 is 0 Å². The Morgan fingerprint density at radius 2 is 1.71 bits per heavy atom. The fraction of sp³-hybridized carbons (Fsp3) is 0.240. The van der Waals surface area contributed by atoms with Crippen LogP contribution < -0.4 is 10.3 Å². The first kappa shape index (κ1) is 27.2. The van der Waals surface area contributed by atoms with E-state index in [-0.39, 0.29) is 11.5 Å². The lowest BCUT2D eigenvalue weighted by atomic mass is 10.1. The number of hydrogen-bond acceptors (Lipinski definition) is 9. The molecule has 4 heterocycles. The van der Waals surface area contributed by atoms with Gasteiger partial charge in [0, 0.05) is 30.2 Å². The van der Waals surface area contributed by atoms with Crippen molar-refractivity contribution in [2.45, 2.75) is 39.3 Å². The van der Waals surface area contributed by atoms with Crippen LogP contribution in [0.15, 0.2) is 47.7 Å². The zero-order chi connectivity index (χ0) is 28.0. The summed E-state index contributed by atoms with van der Waals surface area (Å²) < 4.78 is 33.6. The van der Waals surface area contributed by atoms with E-state index in [4.69, 9.17) is 16.3 Å². The van der Waals surface area contributed by atoms with E-state index < -0.39 is 45.2 Å². The first-order chi connectivity index (χ1) is 17.7. The van der Waals surface area contributed by atoms with Gasteiger partial charge in [-0.15, -0.1) is 0 Å². The number of hydrogen-bond donors (Lipinski definition) is 3. The Morgan fingerprint density at radius 1 is 1.00 bits per heavy atom. The molecule has 198 valence electrons. The molecule has 0 aliphatic rings. The van der Waals surface area contributed by atoms with Gasteiger partial charge in [0.05, 0.1) is 23.3 Å². The van der Waals surface area contributed by atoms with Crippen molar-refractivity contribution in [3.8, 4) is 22.8 Å². The van der Waals surface area contributed by atoms with Crippen molar-refractivity contribution in [3.05, 3.63) is 92.6 Å². The van der Waals surface area contributed by atoms with Gasteiger partial charge in [-0.2, -0.15) is 0 Å². The van der Waals surface area contributed by atoms with Crippen molar-refractivity contribution in [3.63, 3.8) is 0 Å². The second-order valence-corrected chi connectivity index (χ2v) is 9.36. The molecular formula is C25H22ClF2N5O5. The summed E-state index contributed by atoms with van der Waals surface area (Å²) in [7, 11) is 0. The van der Waals surface area contributed by atoms with Crippen LogP contribution in [0.1, 0.15) is 36.6 Å². The zero-order valence-corrected chi connectivity index (χ0v) is 21.3. The van der Waals surface area contributed by atoms with Crippen LogP contribution in [-0.2, 0) is 11.6 Å². The summed E-state index contributed by atoms with van der Waals surface area (Å²) in [4.78, 5) is 29.4. The summed E-state index contributed by atoms with van der Waals surface area (Å²) in [6, 6.07) is 4.82. The van der Waals surface area contributed by atoms with Gasteiger partial charge in [-0.25, -0.2) is 23.7 Å². The maximum Gasteiger partial charge on any atom is 0.372 e. The topological polar surface area (TPSA) is 143 Å². The normalized spacial score (nSPS) is 12.1. The molecule has 38 heavy (non-hydrogen) atoms. The highest BCUT2D eigenvalue weighted by Gasteiger charge is 2.36. The van der Waals surface area contributed by atoms with Crippen LogP contribution in [0.2, 0.25) is 5.02 Å². The summed E-state index contributed by atoms with van der Waals surface area (Å²) in [5.41, 5.74) is -1.08. The number of halogens is 3. The average molecular weight is 546 g/mol. The van der Waals surface area contributed by atoms with Crippen molar-refractivity contribution in [2.24, 2.45) is 0 Å². The number of pyridine rings is 3. The van der Waals surface area contributed by atoms with Gasteiger partial charge in [0.1, 0.15) is 16.4 Å². The molecule has 0 saturated carbocycles. The smallest absolute Gasteiger partial charge is 0.372 e. The zero-order valence-electron chi connectivity index (χ0n) is 20.6. The monoisotopic (exact) mass is 545 g/mol. The first-order valence-electron chi connectivity index (χ1n) is 11.1. The van der Waals surface area contributed by atoms with E-state index in [1.165, 1.54) is 30.0 Å². The van der Waals surface area contributed by atoms with Crippen LogP contribution in [0, 0.1) is 25.5 Å². The van der Waals surface area contributed by atoms with Gasteiger partial charge in [-0.1, -0.05) is 11.6 Å². The minimum Gasteiger partial charge on any atom is -0.433 e. The Kier molecular flexibility index (Phi) is 7.01. The van der Waals surface area contributed by atoms with E-state index in [0.29, 0.717) is 34.9 Å². The number of nitrogens with zero attached hydrogens (tertiary/aromatic N) is 5. The van der Waals surface area contributed by atoms with Gasteiger partial charge in [0.2, 0.25) is 0 Å². The van der Waals surface area contributed by atoms with Gasteiger partial charge in [-0.3, -0.25) is 14.3 Å². The third-order valence-electron chi connectivity index (χ3n) is 5.45. The third-order valence-corrected chi connectivity index (χ3v) is 5.80.